The maximum Gasteiger partial charge on any atom is 0.147 e. The normalized spacial score (nSPS) is 10.1. The van der Waals surface area contributed by atoms with Gasteiger partial charge in [-0.3, -0.25) is 0 Å². The summed E-state index contributed by atoms with van der Waals surface area (Å²) in [4.78, 5) is 2.26. The van der Waals surface area contributed by atoms with Gasteiger partial charge in [0, 0.05) is 13.1 Å². The topological polar surface area (TPSA) is 29.3 Å². The second-order valence-electron chi connectivity index (χ2n) is 3.45. The lowest BCUT2D eigenvalue weighted by molar-refractivity contribution is 0.411. The highest BCUT2D eigenvalue weighted by Crippen LogP contribution is 2.25. The first-order chi connectivity index (χ1) is 7.61. The van der Waals surface area contributed by atoms with E-state index in [1.54, 1.807) is 0 Å². The fourth-order valence-corrected chi connectivity index (χ4v) is 3.13. The van der Waals surface area contributed by atoms with Gasteiger partial charge in [0.05, 0.1) is 0 Å². The van der Waals surface area contributed by atoms with Crippen molar-refractivity contribution in [1.82, 2.24) is 4.90 Å². The van der Waals surface area contributed by atoms with Crippen LogP contribution in [0.15, 0.2) is 0 Å². The van der Waals surface area contributed by atoms with Crippen LogP contribution in [0.3, 0.4) is 0 Å². The van der Waals surface area contributed by atoms with E-state index in [1.165, 1.54) is 47.3 Å². The number of unbranched alkanes of at least 4 members (excludes halogenated alkanes) is 2. The van der Waals surface area contributed by atoms with Crippen molar-refractivity contribution in [2.45, 2.75) is 39.5 Å². The van der Waals surface area contributed by atoms with Crippen LogP contribution >= 0.6 is 46.0 Å². The summed E-state index contributed by atoms with van der Waals surface area (Å²) in [6, 6.07) is 0. The summed E-state index contributed by atoms with van der Waals surface area (Å²) in [5.74, 6) is 0. The second-order valence-corrected chi connectivity index (χ2v) is 6.95. The molecule has 0 aromatic heterocycles. The van der Waals surface area contributed by atoms with Crippen LogP contribution in [-0.2, 0) is 0 Å². The Kier molecular flexibility index (Phi) is 10.9. The largest absolute Gasteiger partial charge is 0.384 e. The van der Waals surface area contributed by atoms with Crippen molar-refractivity contribution in [2.75, 3.05) is 13.1 Å². The van der Waals surface area contributed by atoms with E-state index in [0.29, 0.717) is 4.32 Å². The molecule has 0 aliphatic carbocycles. The van der Waals surface area contributed by atoms with Gasteiger partial charge in [0.15, 0.2) is 0 Å². The molecule has 0 aromatic carbocycles. The third kappa shape index (κ3) is 8.61. The molecule has 0 saturated carbocycles. The minimum absolute atomic E-state index is 0.443. The highest BCUT2D eigenvalue weighted by atomic mass is 33.1. The zero-order valence-electron chi connectivity index (χ0n) is 9.90. The highest BCUT2D eigenvalue weighted by Gasteiger charge is 2.10. The van der Waals surface area contributed by atoms with E-state index < -0.39 is 0 Å². The second kappa shape index (κ2) is 10.6. The van der Waals surface area contributed by atoms with Gasteiger partial charge >= 0.3 is 0 Å². The van der Waals surface area contributed by atoms with E-state index in [1.807, 2.05) is 0 Å². The minimum atomic E-state index is 0.443. The van der Waals surface area contributed by atoms with E-state index in [2.05, 4.69) is 18.7 Å². The van der Waals surface area contributed by atoms with E-state index in [4.69, 9.17) is 30.2 Å². The van der Waals surface area contributed by atoms with Gasteiger partial charge in [0.1, 0.15) is 8.64 Å². The maximum atomic E-state index is 5.44. The van der Waals surface area contributed by atoms with Gasteiger partial charge in [-0.05, 0) is 34.4 Å². The molecule has 0 atom stereocenters. The van der Waals surface area contributed by atoms with Crippen LogP contribution in [0.4, 0.5) is 0 Å². The molecule has 2 N–H and O–H groups in total. The van der Waals surface area contributed by atoms with Gasteiger partial charge in [0.25, 0.3) is 0 Å². The van der Waals surface area contributed by atoms with Crippen LogP contribution in [0.25, 0.3) is 0 Å². The van der Waals surface area contributed by atoms with Crippen LogP contribution in [0.1, 0.15) is 39.5 Å². The summed E-state index contributed by atoms with van der Waals surface area (Å²) < 4.78 is 1.35. The van der Waals surface area contributed by atoms with Crippen LogP contribution in [0.2, 0.25) is 0 Å². The third-order valence-electron chi connectivity index (χ3n) is 2.02. The smallest absolute Gasteiger partial charge is 0.147 e. The molecule has 0 aliphatic heterocycles. The molecular weight excluding hydrogens is 276 g/mol. The number of nitrogens with zero attached hydrogens (tertiary/aromatic N) is 1. The molecule has 0 aliphatic rings. The number of nitrogens with two attached hydrogens (primary N) is 1. The van der Waals surface area contributed by atoms with Crippen molar-refractivity contribution in [1.29, 1.82) is 0 Å². The fourth-order valence-electron chi connectivity index (χ4n) is 1.12. The highest BCUT2D eigenvalue weighted by molar-refractivity contribution is 8.89. The molecule has 0 aromatic rings. The zero-order valence-corrected chi connectivity index (χ0v) is 13.2. The Morgan fingerprint density at radius 1 is 1.06 bits per heavy atom. The van der Waals surface area contributed by atoms with E-state index in [-0.39, 0.29) is 0 Å². The Bertz CT molecular complexity index is 213. The quantitative estimate of drug-likeness (QED) is 0.592. The molecule has 0 saturated heterocycles. The molecule has 0 amide bonds. The predicted molar refractivity (Wildman–Crippen MR) is 86.0 cm³/mol. The first kappa shape index (κ1) is 16.5. The fraction of sp³-hybridized carbons (Fsp3) is 0.800. The van der Waals surface area contributed by atoms with Crippen molar-refractivity contribution in [3.63, 3.8) is 0 Å². The molecule has 0 fully saturated rings. The van der Waals surface area contributed by atoms with Crippen molar-refractivity contribution in [2.24, 2.45) is 5.73 Å². The SMILES string of the molecule is CCCCN(CCCC)C(=S)SSC(N)=S. The van der Waals surface area contributed by atoms with Crippen LogP contribution in [0.5, 0.6) is 0 Å². The number of hydrogen-bond acceptors (Lipinski definition) is 4. The van der Waals surface area contributed by atoms with Crippen molar-refractivity contribution >= 4 is 54.7 Å². The Morgan fingerprint density at radius 3 is 1.94 bits per heavy atom. The average molecular weight is 297 g/mol. The molecule has 0 rings (SSSR count). The lowest BCUT2D eigenvalue weighted by Gasteiger charge is -2.23. The first-order valence-electron chi connectivity index (χ1n) is 5.54. The van der Waals surface area contributed by atoms with Gasteiger partial charge in [-0.2, -0.15) is 0 Å². The van der Waals surface area contributed by atoms with E-state index in [9.17, 15) is 0 Å². The third-order valence-corrected chi connectivity index (χ3v) is 5.32. The Hall–Kier alpha value is 0.480. The molecule has 0 bridgehead atoms. The van der Waals surface area contributed by atoms with Gasteiger partial charge in [-0.1, -0.05) is 51.1 Å². The summed E-state index contributed by atoms with van der Waals surface area (Å²) in [6.07, 6.45) is 4.75. The molecule has 0 unspecified atom stereocenters. The summed E-state index contributed by atoms with van der Waals surface area (Å²) in [5, 5.41) is 0. The molecule has 0 spiro atoms. The van der Waals surface area contributed by atoms with E-state index >= 15 is 0 Å². The molecule has 6 heteroatoms. The molecule has 0 radical (unpaired) electrons. The van der Waals surface area contributed by atoms with Gasteiger partial charge in [-0.25, -0.2) is 0 Å². The number of thiocarbonyl (C=S) groups is 2. The minimum Gasteiger partial charge on any atom is -0.384 e. The molecule has 2 nitrogen and oxygen atoms in total. The van der Waals surface area contributed by atoms with Crippen LogP contribution in [-0.4, -0.2) is 26.6 Å². The molecule has 0 heterocycles. The lowest BCUT2D eigenvalue weighted by atomic mass is 10.3. The van der Waals surface area contributed by atoms with Gasteiger partial charge in [-0.15, -0.1) is 0 Å². The van der Waals surface area contributed by atoms with Crippen LogP contribution in [0, 0.1) is 0 Å². The Labute approximate surface area is 117 Å². The molecule has 16 heavy (non-hydrogen) atoms. The Balaban J connectivity index is 4.03. The predicted octanol–water partition coefficient (Wildman–Crippen LogP) is 3.80. The molecular formula is C10H20N2S4. The Morgan fingerprint density at radius 2 is 1.56 bits per heavy atom. The summed E-state index contributed by atoms with van der Waals surface area (Å²) in [6.45, 7) is 6.47. The average Bonchev–Trinajstić information content (AvgIpc) is 2.26. The summed E-state index contributed by atoms with van der Waals surface area (Å²) >= 11 is 10.2. The van der Waals surface area contributed by atoms with Crippen LogP contribution < -0.4 is 5.73 Å². The molecule has 94 valence electrons. The van der Waals surface area contributed by atoms with Gasteiger partial charge < -0.3 is 10.6 Å². The first-order valence-corrected chi connectivity index (χ1v) is 8.51. The van der Waals surface area contributed by atoms with Crippen molar-refractivity contribution in [3.8, 4) is 0 Å². The van der Waals surface area contributed by atoms with Crippen molar-refractivity contribution in [3.05, 3.63) is 0 Å². The number of hydrogen-bond donors (Lipinski definition) is 1. The zero-order chi connectivity index (χ0) is 12.4. The van der Waals surface area contributed by atoms with E-state index in [0.717, 1.165) is 17.4 Å². The van der Waals surface area contributed by atoms with Gasteiger partial charge in [0.2, 0.25) is 0 Å². The van der Waals surface area contributed by atoms with Crippen molar-refractivity contribution < 1.29 is 0 Å². The summed E-state index contributed by atoms with van der Waals surface area (Å²) in [5.41, 5.74) is 5.44. The monoisotopic (exact) mass is 296 g/mol. The lowest BCUT2D eigenvalue weighted by Crippen LogP contribution is -2.29. The summed E-state index contributed by atoms with van der Waals surface area (Å²) in [7, 11) is 2.88. The standard InChI is InChI=1S/C10H20N2S4/c1-3-5-7-12(8-6-4-2)10(14)16-15-9(11)13/h3-8H2,1-2H3,(H2,11,13). The number of rotatable bonds is 6. The maximum absolute atomic E-state index is 5.44.